The molecule has 8 heteroatoms. The second-order valence-corrected chi connectivity index (χ2v) is 9.71. The average molecular weight is 439 g/mol. The minimum absolute atomic E-state index is 0.107. The van der Waals surface area contributed by atoms with E-state index in [1.54, 1.807) is 40.8 Å². The summed E-state index contributed by atoms with van der Waals surface area (Å²) in [7, 11) is -3.44. The van der Waals surface area contributed by atoms with Gasteiger partial charge in [0.05, 0.1) is 11.4 Å². The zero-order valence-corrected chi connectivity index (χ0v) is 18.0. The molecule has 0 atom stereocenters. The summed E-state index contributed by atoms with van der Waals surface area (Å²) in [5.74, 6) is 0.162. The van der Waals surface area contributed by atoms with Crippen molar-refractivity contribution in [3.05, 3.63) is 84.2 Å². The van der Waals surface area contributed by atoms with Crippen molar-refractivity contribution >= 4 is 15.9 Å². The number of sulfonamides is 1. The summed E-state index contributed by atoms with van der Waals surface area (Å²) in [6.45, 7) is 2.16. The number of benzene rings is 2. The number of nitrogens with one attached hydrogen (secondary N) is 1. The fourth-order valence-corrected chi connectivity index (χ4v) is 5.27. The van der Waals surface area contributed by atoms with Crippen LogP contribution in [0.2, 0.25) is 0 Å². The Kier molecular flexibility index (Phi) is 6.48. The molecule has 31 heavy (non-hydrogen) atoms. The van der Waals surface area contributed by atoms with Gasteiger partial charge in [-0.15, -0.1) is 0 Å². The minimum Gasteiger partial charge on any atom is -0.352 e. The molecule has 3 aromatic rings. The van der Waals surface area contributed by atoms with Crippen LogP contribution >= 0.6 is 0 Å². The maximum atomic E-state index is 12.7. The molecule has 1 aromatic heterocycles. The summed E-state index contributed by atoms with van der Waals surface area (Å²) in [6, 6.07) is 17.9. The van der Waals surface area contributed by atoms with Crippen molar-refractivity contribution in [2.75, 3.05) is 19.6 Å². The number of rotatable bonds is 7. The fraction of sp³-hybridized carbons (Fsp3) is 0.304. The van der Waals surface area contributed by atoms with Crippen molar-refractivity contribution in [3.63, 3.8) is 0 Å². The van der Waals surface area contributed by atoms with Gasteiger partial charge in [0.15, 0.2) is 0 Å². The van der Waals surface area contributed by atoms with Crippen molar-refractivity contribution in [1.82, 2.24) is 19.4 Å². The number of carbonyl (C=O) groups excluding carboxylic acids is 1. The first-order valence-corrected chi connectivity index (χ1v) is 11.9. The van der Waals surface area contributed by atoms with Crippen LogP contribution in [0.25, 0.3) is 0 Å². The number of hydrogen-bond donors (Lipinski definition) is 1. The summed E-state index contributed by atoms with van der Waals surface area (Å²) in [5, 5.41) is 7.18. The van der Waals surface area contributed by atoms with E-state index in [1.165, 1.54) is 0 Å². The number of carbonyl (C=O) groups is 1. The van der Waals surface area contributed by atoms with Gasteiger partial charge in [-0.2, -0.15) is 9.40 Å². The lowest BCUT2D eigenvalue weighted by atomic mass is 9.98. The van der Waals surface area contributed by atoms with Gasteiger partial charge >= 0.3 is 0 Å². The van der Waals surface area contributed by atoms with E-state index in [4.69, 9.17) is 0 Å². The van der Waals surface area contributed by atoms with Crippen LogP contribution in [0.3, 0.4) is 0 Å². The highest BCUT2D eigenvalue weighted by Crippen LogP contribution is 2.23. The normalized spacial score (nSPS) is 15.6. The minimum atomic E-state index is -3.44. The number of amides is 1. The Balaban J connectivity index is 1.25. The molecule has 0 bridgehead atoms. The highest BCUT2D eigenvalue weighted by atomic mass is 32.2. The molecule has 1 aliphatic rings. The topological polar surface area (TPSA) is 84.3 Å². The zero-order chi connectivity index (χ0) is 21.7. The van der Waals surface area contributed by atoms with E-state index in [2.05, 4.69) is 10.4 Å². The molecule has 2 aromatic carbocycles. The third-order valence-electron chi connectivity index (χ3n) is 5.63. The lowest BCUT2D eigenvalue weighted by Gasteiger charge is -2.31. The predicted molar refractivity (Wildman–Crippen MR) is 118 cm³/mol. The zero-order valence-electron chi connectivity index (χ0n) is 17.2. The molecule has 1 saturated heterocycles. The van der Waals surface area contributed by atoms with E-state index in [0.29, 0.717) is 36.6 Å². The SMILES string of the molecule is O=C(NCC1CCN(S(=O)(=O)c2ccccc2)CC1)c1ccc(Cn2cccn2)cc1. The Morgan fingerprint density at radius 1 is 1.00 bits per heavy atom. The summed E-state index contributed by atoms with van der Waals surface area (Å²) < 4.78 is 28.8. The van der Waals surface area contributed by atoms with E-state index in [0.717, 1.165) is 18.4 Å². The van der Waals surface area contributed by atoms with Gasteiger partial charge in [0.25, 0.3) is 5.91 Å². The van der Waals surface area contributed by atoms with Crippen LogP contribution in [0.1, 0.15) is 28.8 Å². The molecule has 1 aliphatic heterocycles. The van der Waals surface area contributed by atoms with Gasteiger partial charge in [-0.25, -0.2) is 8.42 Å². The molecule has 0 spiro atoms. The van der Waals surface area contributed by atoms with Gasteiger partial charge in [-0.05, 0) is 54.7 Å². The molecule has 2 heterocycles. The van der Waals surface area contributed by atoms with Crippen molar-refractivity contribution in [2.24, 2.45) is 5.92 Å². The molecular formula is C23H26N4O3S. The molecule has 0 aliphatic carbocycles. The Hall–Kier alpha value is -2.97. The van der Waals surface area contributed by atoms with Crippen LogP contribution < -0.4 is 5.32 Å². The molecule has 4 rings (SSSR count). The first-order chi connectivity index (χ1) is 15.0. The Labute approximate surface area is 182 Å². The molecule has 7 nitrogen and oxygen atoms in total. The third kappa shape index (κ3) is 5.21. The van der Waals surface area contributed by atoms with E-state index in [9.17, 15) is 13.2 Å². The first-order valence-electron chi connectivity index (χ1n) is 10.4. The molecule has 162 valence electrons. The summed E-state index contributed by atoms with van der Waals surface area (Å²) in [6.07, 6.45) is 5.10. The largest absolute Gasteiger partial charge is 0.352 e. The number of piperidine rings is 1. The van der Waals surface area contributed by atoms with E-state index in [-0.39, 0.29) is 11.8 Å². The van der Waals surface area contributed by atoms with E-state index in [1.807, 2.05) is 41.2 Å². The number of aromatic nitrogens is 2. The monoisotopic (exact) mass is 438 g/mol. The first kappa shape index (κ1) is 21.3. The lowest BCUT2D eigenvalue weighted by Crippen LogP contribution is -2.41. The molecular weight excluding hydrogens is 412 g/mol. The second kappa shape index (κ2) is 9.45. The molecule has 0 unspecified atom stereocenters. The number of nitrogens with zero attached hydrogens (tertiary/aromatic N) is 3. The van der Waals surface area contributed by atoms with Crippen LogP contribution in [0.4, 0.5) is 0 Å². The fourth-order valence-electron chi connectivity index (χ4n) is 3.78. The van der Waals surface area contributed by atoms with E-state index < -0.39 is 10.0 Å². The van der Waals surface area contributed by atoms with Crippen molar-refractivity contribution in [3.8, 4) is 0 Å². The maximum absolute atomic E-state index is 12.7. The smallest absolute Gasteiger partial charge is 0.251 e. The molecule has 1 N–H and O–H groups in total. The van der Waals surface area contributed by atoms with Gasteiger partial charge in [-0.3, -0.25) is 9.48 Å². The van der Waals surface area contributed by atoms with Crippen LogP contribution in [-0.4, -0.2) is 48.0 Å². The van der Waals surface area contributed by atoms with Crippen molar-refractivity contribution in [1.29, 1.82) is 0 Å². The van der Waals surface area contributed by atoms with Gasteiger partial charge in [0, 0.05) is 37.6 Å². The van der Waals surface area contributed by atoms with Gasteiger partial charge < -0.3 is 5.32 Å². The van der Waals surface area contributed by atoms with Crippen LogP contribution in [0.5, 0.6) is 0 Å². The number of hydrogen-bond acceptors (Lipinski definition) is 4. The maximum Gasteiger partial charge on any atom is 0.251 e. The second-order valence-electron chi connectivity index (χ2n) is 7.77. The summed E-state index contributed by atoms with van der Waals surface area (Å²) in [5.41, 5.74) is 1.69. The molecule has 0 radical (unpaired) electrons. The summed E-state index contributed by atoms with van der Waals surface area (Å²) in [4.78, 5) is 12.8. The quantitative estimate of drug-likeness (QED) is 0.615. The highest BCUT2D eigenvalue weighted by molar-refractivity contribution is 7.89. The summed E-state index contributed by atoms with van der Waals surface area (Å²) >= 11 is 0. The molecule has 1 fully saturated rings. The Morgan fingerprint density at radius 2 is 1.71 bits per heavy atom. The van der Waals surface area contributed by atoms with Crippen LogP contribution in [0.15, 0.2) is 78.0 Å². The van der Waals surface area contributed by atoms with Crippen molar-refractivity contribution < 1.29 is 13.2 Å². The van der Waals surface area contributed by atoms with Crippen LogP contribution in [-0.2, 0) is 16.6 Å². The van der Waals surface area contributed by atoms with Crippen molar-refractivity contribution in [2.45, 2.75) is 24.3 Å². The highest BCUT2D eigenvalue weighted by Gasteiger charge is 2.29. The van der Waals surface area contributed by atoms with E-state index >= 15 is 0 Å². The lowest BCUT2D eigenvalue weighted by molar-refractivity contribution is 0.0941. The van der Waals surface area contributed by atoms with Gasteiger partial charge in [-0.1, -0.05) is 30.3 Å². The average Bonchev–Trinajstić information content (AvgIpc) is 3.32. The Morgan fingerprint density at radius 3 is 2.35 bits per heavy atom. The van der Waals surface area contributed by atoms with Crippen LogP contribution in [0, 0.1) is 5.92 Å². The Bertz CT molecular complexity index is 1090. The van der Waals surface area contributed by atoms with Gasteiger partial charge in [0.2, 0.25) is 10.0 Å². The standard InChI is InChI=1S/C23H26N4O3S/c28-23(21-9-7-20(8-10-21)18-26-14-4-13-25-26)24-17-19-11-15-27(16-12-19)31(29,30)22-5-2-1-3-6-22/h1-10,13-14,19H,11-12,15-18H2,(H,24,28). The molecule has 1 amide bonds. The molecule has 0 saturated carbocycles. The third-order valence-corrected chi connectivity index (χ3v) is 7.54. The van der Waals surface area contributed by atoms with Gasteiger partial charge in [0.1, 0.15) is 0 Å². The predicted octanol–water partition coefficient (Wildman–Crippen LogP) is 2.76.